The molecule has 4 nitrogen and oxygen atoms in total. The Labute approximate surface area is 77.9 Å². The second-order valence-corrected chi connectivity index (χ2v) is 2.00. The van der Waals surface area contributed by atoms with E-state index < -0.39 is 11.9 Å². The van der Waals surface area contributed by atoms with Crippen LogP contribution in [0.5, 0.6) is 0 Å². The van der Waals surface area contributed by atoms with Gasteiger partial charge in [-0.1, -0.05) is 6.07 Å². The van der Waals surface area contributed by atoms with Gasteiger partial charge in [-0.15, -0.1) is 0 Å². The summed E-state index contributed by atoms with van der Waals surface area (Å²) in [5.74, 6) is 4.41. The molecule has 0 saturated carbocycles. The number of halogens is 3. The summed E-state index contributed by atoms with van der Waals surface area (Å²) < 4.78 is 35.2. The third-order valence-electron chi connectivity index (χ3n) is 1.02. The SMILES string of the molecule is FC(F)(F)c1ccccn1.NNC=O. The molecule has 0 atom stereocenters. The minimum atomic E-state index is -4.32. The molecule has 0 aliphatic heterocycles. The number of hydrogen-bond acceptors (Lipinski definition) is 3. The maximum atomic E-state index is 11.7. The number of aromatic nitrogens is 1. The van der Waals surface area contributed by atoms with Crippen LogP contribution in [-0.2, 0) is 11.0 Å². The van der Waals surface area contributed by atoms with Crippen LogP contribution >= 0.6 is 0 Å². The lowest BCUT2D eigenvalue weighted by Crippen LogP contribution is -2.18. The van der Waals surface area contributed by atoms with Gasteiger partial charge in [0, 0.05) is 6.20 Å². The number of rotatable bonds is 1. The summed E-state index contributed by atoms with van der Waals surface area (Å²) in [6.07, 6.45) is -2.80. The van der Waals surface area contributed by atoms with Crippen LogP contribution in [-0.4, -0.2) is 11.4 Å². The number of hydrogen-bond donors (Lipinski definition) is 2. The standard InChI is InChI=1S/C6H4F3N.CH4N2O/c7-6(8,9)5-3-1-2-4-10-5;2-3-1-4/h1-4H;1H,2H2,(H,3,4). The van der Waals surface area contributed by atoms with Gasteiger partial charge in [-0.05, 0) is 12.1 Å². The summed E-state index contributed by atoms with van der Waals surface area (Å²) in [5.41, 5.74) is 0.898. The third-order valence-corrected chi connectivity index (χ3v) is 1.02. The fraction of sp³-hybridized carbons (Fsp3) is 0.143. The molecule has 0 bridgehead atoms. The van der Waals surface area contributed by atoms with E-state index in [1.807, 2.05) is 0 Å². The van der Waals surface area contributed by atoms with E-state index in [-0.39, 0.29) is 0 Å². The maximum absolute atomic E-state index is 11.7. The average molecular weight is 207 g/mol. The Bertz CT molecular complexity index is 263. The molecule has 7 heteroatoms. The second-order valence-electron chi connectivity index (χ2n) is 2.00. The summed E-state index contributed by atoms with van der Waals surface area (Å²) in [6.45, 7) is 0. The van der Waals surface area contributed by atoms with Gasteiger partial charge in [-0.25, -0.2) is 5.84 Å². The van der Waals surface area contributed by atoms with Gasteiger partial charge in [0.2, 0.25) is 6.41 Å². The summed E-state index contributed by atoms with van der Waals surface area (Å²) in [7, 11) is 0. The number of amides is 1. The predicted octanol–water partition coefficient (Wildman–Crippen LogP) is 0.706. The van der Waals surface area contributed by atoms with Crippen molar-refractivity contribution in [3.63, 3.8) is 0 Å². The predicted molar refractivity (Wildman–Crippen MR) is 42.6 cm³/mol. The van der Waals surface area contributed by atoms with Gasteiger partial charge < -0.3 is 0 Å². The highest BCUT2D eigenvalue weighted by molar-refractivity contribution is 5.44. The van der Waals surface area contributed by atoms with Crippen molar-refractivity contribution in [2.24, 2.45) is 5.84 Å². The zero-order valence-corrected chi connectivity index (χ0v) is 6.95. The van der Waals surface area contributed by atoms with E-state index in [0.717, 1.165) is 12.3 Å². The maximum Gasteiger partial charge on any atom is 0.433 e. The fourth-order valence-corrected chi connectivity index (χ4v) is 0.530. The second kappa shape index (κ2) is 5.92. The zero-order valence-electron chi connectivity index (χ0n) is 6.95. The molecule has 0 radical (unpaired) electrons. The lowest BCUT2D eigenvalue weighted by atomic mass is 10.3. The summed E-state index contributed by atoms with van der Waals surface area (Å²) in [5, 5.41) is 0. The van der Waals surface area contributed by atoms with Crippen molar-refractivity contribution in [1.29, 1.82) is 0 Å². The smallest absolute Gasteiger partial charge is 0.297 e. The van der Waals surface area contributed by atoms with Crippen LogP contribution in [0.1, 0.15) is 5.69 Å². The number of carbonyl (C=O) groups is 1. The Balaban J connectivity index is 0.000000364. The summed E-state index contributed by atoms with van der Waals surface area (Å²) in [6, 6.07) is 3.67. The van der Waals surface area contributed by atoms with Crippen molar-refractivity contribution >= 4 is 6.41 Å². The molecular formula is C7H8F3N3O. The lowest BCUT2D eigenvalue weighted by molar-refractivity contribution is -0.141. The van der Waals surface area contributed by atoms with Crippen molar-refractivity contribution in [3.05, 3.63) is 30.1 Å². The summed E-state index contributed by atoms with van der Waals surface area (Å²) in [4.78, 5) is 12.1. The number of nitrogens with two attached hydrogens (primary N) is 1. The molecule has 3 N–H and O–H groups in total. The van der Waals surface area contributed by atoms with Crippen molar-refractivity contribution in [2.75, 3.05) is 0 Å². The van der Waals surface area contributed by atoms with Gasteiger partial charge in [-0.2, -0.15) is 13.2 Å². The van der Waals surface area contributed by atoms with Crippen LogP contribution in [0.4, 0.5) is 13.2 Å². The summed E-state index contributed by atoms with van der Waals surface area (Å²) >= 11 is 0. The van der Waals surface area contributed by atoms with Crippen LogP contribution in [0.15, 0.2) is 24.4 Å². The van der Waals surface area contributed by atoms with Crippen molar-refractivity contribution in [3.8, 4) is 0 Å². The average Bonchev–Trinajstić information content (AvgIpc) is 2.18. The Kier molecular flexibility index (Phi) is 5.23. The van der Waals surface area contributed by atoms with Crippen LogP contribution in [0, 0.1) is 0 Å². The number of nitrogens with zero attached hydrogens (tertiary/aromatic N) is 1. The molecule has 0 aliphatic carbocycles. The minimum absolute atomic E-state index is 0.403. The zero-order chi connectivity index (χ0) is 11.0. The minimum Gasteiger partial charge on any atom is -0.297 e. The van der Waals surface area contributed by atoms with E-state index >= 15 is 0 Å². The quantitative estimate of drug-likeness (QED) is 0.308. The van der Waals surface area contributed by atoms with Gasteiger partial charge in [0.1, 0.15) is 5.69 Å². The van der Waals surface area contributed by atoms with Crippen molar-refractivity contribution in [2.45, 2.75) is 6.18 Å². The Morgan fingerprint density at radius 1 is 1.43 bits per heavy atom. The van der Waals surface area contributed by atoms with Gasteiger partial charge in [-0.3, -0.25) is 15.2 Å². The molecule has 0 aliphatic rings. The molecule has 1 amide bonds. The molecule has 1 aromatic rings. The van der Waals surface area contributed by atoms with Gasteiger partial charge >= 0.3 is 6.18 Å². The largest absolute Gasteiger partial charge is 0.433 e. The number of hydrazine groups is 1. The van der Waals surface area contributed by atoms with E-state index in [4.69, 9.17) is 4.79 Å². The van der Waals surface area contributed by atoms with Crippen LogP contribution < -0.4 is 11.3 Å². The Morgan fingerprint density at radius 3 is 2.21 bits per heavy atom. The highest BCUT2D eigenvalue weighted by atomic mass is 19.4. The van der Waals surface area contributed by atoms with Gasteiger partial charge in [0.05, 0.1) is 0 Å². The monoisotopic (exact) mass is 207 g/mol. The Hall–Kier alpha value is -1.63. The third kappa shape index (κ3) is 5.09. The first kappa shape index (κ1) is 12.4. The molecule has 78 valence electrons. The van der Waals surface area contributed by atoms with Crippen LogP contribution in [0.25, 0.3) is 0 Å². The number of nitrogens with one attached hydrogen (secondary N) is 1. The van der Waals surface area contributed by atoms with Crippen LogP contribution in [0.3, 0.4) is 0 Å². The highest BCUT2D eigenvalue weighted by Gasteiger charge is 2.31. The molecule has 0 fully saturated rings. The fourth-order valence-electron chi connectivity index (χ4n) is 0.530. The van der Waals surface area contributed by atoms with E-state index in [9.17, 15) is 13.2 Å². The molecule has 1 heterocycles. The number of carbonyl (C=O) groups excluding carboxylic acids is 1. The molecule has 0 aromatic carbocycles. The van der Waals surface area contributed by atoms with Gasteiger partial charge in [0.25, 0.3) is 0 Å². The first-order chi connectivity index (χ1) is 6.52. The van der Waals surface area contributed by atoms with E-state index in [2.05, 4.69) is 10.8 Å². The molecule has 1 aromatic heterocycles. The first-order valence-electron chi connectivity index (χ1n) is 3.40. The van der Waals surface area contributed by atoms with Crippen LogP contribution in [0.2, 0.25) is 0 Å². The molecule has 0 spiro atoms. The molecular weight excluding hydrogens is 199 g/mol. The number of pyridine rings is 1. The normalized spacial score (nSPS) is 9.71. The lowest BCUT2D eigenvalue weighted by Gasteiger charge is -2.02. The Morgan fingerprint density at radius 2 is 2.00 bits per heavy atom. The molecule has 14 heavy (non-hydrogen) atoms. The van der Waals surface area contributed by atoms with Crippen molar-refractivity contribution < 1.29 is 18.0 Å². The number of alkyl halides is 3. The van der Waals surface area contributed by atoms with Gasteiger partial charge in [0.15, 0.2) is 0 Å². The highest BCUT2D eigenvalue weighted by Crippen LogP contribution is 2.26. The van der Waals surface area contributed by atoms with E-state index in [1.165, 1.54) is 12.1 Å². The van der Waals surface area contributed by atoms with E-state index in [0.29, 0.717) is 6.41 Å². The topological polar surface area (TPSA) is 68.0 Å². The van der Waals surface area contributed by atoms with E-state index in [1.54, 1.807) is 5.43 Å². The molecule has 0 unspecified atom stereocenters. The first-order valence-corrected chi connectivity index (χ1v) is 3.40. The molecule has 0 saturated heterocycles. The van der Waals surface area contributed by atoms with Crippen molar-refractivity contribution in [1.82, 2.24) is 10.4 Å². The molecule has 1 rings (SSSR count).